The Bertz CT molecular complexity index is 1610. The van der Waals surface area contributed by atoms with Crippen LogP contribution < -0.4 is 24.7 Å². The summed E-state index contributed by atoms with van der Waals surface area (Å²) in [5.41, 5.74) is 14.1. The van der Waals surface area contributed by atoms with Crippen LogP contribution in [0.1, 0.15) is 6.42 Å². The summed E-state index contributed by atoms with van der Waals surface area (Å²) in [5, 5.41) is 11.8. The number of pyridine rings is 1. The van der Waals surface area contributed by atoms with Crippen LogP contribution in [0.4, 0.5) is 17.1 Å². The highest BCUT2D eigenvalue weighted by atomic mass is 16.5. The van der Waals surface area contributed by atoms with Crippen molar-refractivity contribution < 1.29 is 19.1 Å². The van der Waals surface area contributed by atoms with Crippen LogP contribution in [0.5, 0.6) is 11.5 Å². The lowest BCUT2D eigenvalue weighted by molar-refractivity contribution is -0.537. The van der Waals surface area contributed by atoms with Gasteiger partial charge in [0, 0.05) is 54.2 Å². The molecule has 6 nitrogen and oxygen atoms in total. The maximum Gasteiger partial charge on any atom is 0.223 e. The molecule has 0 radical (unpaired) electrons. The van der Waals surface area contributed by atoms with Gasteiger partial charge in [-0.25, -0.2) is 0 Å². The quantitative estimate of drug-likeness (QED) is 0.195. The molecule has 0 unspecified atom stereocenters. The SMILES string of the molecule is COc1cccc2c1-c1c3c(OC)cccc3[n+](-c3ccc(N)cc3)c3cccc(c13)N2CCCO. The Balaban J connectivity index is 1.87. The van der Waals surface area contributed by atoms with Crippen LogP contribution in [0.3, 0.4) is 0 Å². The molecular formula is C30H28N3O3+. The first-order valence-corrected chi connectivity index (χ1v) is 12.1. The summed E-state index contributed by atoms with van der Waals surface area (Å²) in [5.74, 6) is 1.60. The number of nitrogens with two attached hydrogens (primary N) is 1. The fraction of sp³-hybridized carbons (Fsp3) is 0.167. The Hall–Kier alpha value is -4.29. The minimum Gasteiger partial charge on any atom is -0.496 e. The molecule has 3 N–H and O–H groups in total. The van der Waals surface area contributed by atoms with E-state index in [-0.39, 0.29) is 6.61 Å². The number of aromatic nitrogens is 1. The highest BCUT2D eigenvalue weighted by Gasteiger charge is 2.35. The molecule has 1 aromatic heterocycles. The van der Waals surface area contributed by atoms with Crippen molar-refractivity contribution >= 4 is 38.9 Å². The molecule has 0 amide bonds. The number of nitrogens with zero attached hydrogens (tertiary/aromatic N) is 2. The van der Waals surface area contributed by atoms with Crippen molar-refractivity contribution in [2.24, 2.45) is 0 Å². The molecule has 0 spiro atoms. The molecule has 6 rings (SSSR count). The van der Waals surface area contributed by atoms with Gasteiger partial charge < -0.3 is 25.2 Å². The van der Waals surface area contributed by atoms with E-state index in [0.29, 0.717) is 13.0 Å². The number of fused-ring (bicyclic) bond motifs is 4. The molecule has 180 valence electrons. The first-order chi connectivity index (χ1) is 17.7. The normalized spacial score (nSPS) is 12.1. The number of nitrogen functional groups attached to an aromatic ring is 1. The van der Waals surface area contributed by atoms with Crippen LogP contribution >= 0.6 is 0 Å². The Labute approximate surface area is 209 Å². The number of hydrogen-bond donors (Lipinski definition) is 2. The first kappa shape index (κ1) is 22.2. The summed E-state index contributed by atoms with van der Waals surface area (Å²) in [7, 11) is 3.42. The minimum atomic E-state index is 0.121. The Kier molecular flexibility index (Phi) is 5.38. The fourth-order valence-electron chi connectivity index (χ4n) is 5.49. The van der Waals surface area contributed by atoms with Gasteiger partial charge in [0.1, 0.15) is 11.5 Å². The van der Waals surface area contributed by atoms with E-state index in [1.165, 1.54) is 0 Å². The van der Waals surface area contributed by atoms with Crippen LogP contribution in [0.15, 0.2) is 78.9 Å². The summed E-state index contributed by atoms with van der Waals surface area (Å²) >= 11 is 0. The summed E-state index contributed by atoms with van der Waals surface area (Å²) in [4.78, 5) is 2.29. The molecular weight excluding hydrogens is 450 g/mol. The maximum atomic E-state index is 9.68. The Morgan fingerprint density at radius 1 is 0.750 bits per heavy atom. The van der Waals surface area contributed by atoms with Crippen molar-refractivity contribution in [3.8, 4) is 28.3 Å². The van der Waals surface area contributed by atoms with Gasteiger partial charge in [-0.1, -0.05) is 18.2 Å². The molecule has 0 aliphatic carbocycles. The second kappa shape index (κ2) is 8.73. The molecule has 36 heavy (non-hydrogen) atoms. The molecule has 0 saturated heterocycles. The topological polar surface area (TPSA) is 71.8 Å². The Morgan fingerprint density at radius 3 is 2.11 bits per heavy atom. The van der Waals surface area contributed by atoms with Crippen molar-refractivity contribution in [3.05, 3.63) is 78.9 Å². The largest absolute Gasteiger partial charge is 0.496 e. The molecule has 0 bridgehead atoms. The van der Waals surface area contributed by atoms with Gasteiger partial charge in [-0.3, -0.25) is 0 Å². The van der Waals surface area contributed by atoms with E-state index in [9.17, 15) is 5.11 Å². The highest BCUT2D eigenvalue weighted by molar-refractivity contribution is 6.20. The third-order valence-electron chi connectivity index (χ3n) is 6.97. The predicted molar refractivity (Wildman–Crippen MR) is 145 cm³/mol. The molecule has 0 fully saturated rings. The molecule has 4 aromatic carbocycles. The number of ether oxygens (including phenoxy) is 2. The van der Waals surface area contributed by atoms with E-state index in [4.69, 9.17) is 15.2 Å². The van der Waals surface area contributed by atoms with E-state index in [2.05, 4.69) is 39.8 Å². The lowest BCUT2D eigenvalue weighted by Gasteiger charge is -2.34. The van der Waals surface area contributed by atoms with Crippen molar-refractivity contribution in [1.82, 2.24) is 0 Å². The van der Waals surface area contributed by atoms with Gasteiger partial charge in [-0.05, 0) is 42.8 Å². The number of benzene rings is 4. The third kappa shape index (κ3) is 3.18. The minimum absolute atomic E-state index is 0.121. The van der Waals surface area contributed by atoms with Crippen molar-refractivity contribution in [3.63, 3.8) is 0 Å². The molecule has 2 heterocycles. The maximum absolute atomic E-state index is 9.68. The van der Waals surface area contributed by atoms with Gasteiger partial charge in [-0.2, -0.15) is 4.57 Å². The second-order valence-corrected chi connectivity index (χ2v) is 8.91. The predicted octanol–water partition coefficient (Wildman–Crippen LogP) is 5.37. The number of methoxy groups -OCH3 is 2. The molecule has 1 aliphatic rings. The molecule has 6 heteroatoms. The number of hydrogen-bond acceptors (Lipinski definition) is 5. The average molecular weight is 479 g/mol. The van der Waals surface area contributed by atoms with Gasteiger partial charge in [0.15, 0.2) is 0 Å². The van der Waals surface area contributed by atoms with Gasteiger partial charge in [0.05, 0.1) is 36.4 Å². The van der Waals surface area contributed by atoms with Crippen molar-refractivity contribution in [1.29, 1.82) is 0 Å². The highest BCUT2D eigenvalue weighted by Crippen LogP contribution is 2.54. The van der Waals surface area contributed by atoms with Crippen LogP contribution in [-0.2, 0) is 0 Å². The summed E-state index contributed by atoms with van der Waals surface area (Å²) in [6, 6.07) is 26.7. The lowest BCUT2D eigenvalue weighted by Crippen LogP contribution is -2.34. The number of aliphatic hydroxyl groups is 1. The number of rotatable bonds is 6. The van der Waals surface area contributed by atoms with Gasteiger partial charge in [0.2, 0.25) is 16.7 Å². The smallest absolute Gasteiger partial charge is 0.223 e. The van der Waals surface area contributed by atoms with Crippen molar-refractivity contribution in [2.45, 2.75) is 6.42 Å². The average Bonchev–Trinajstić information content (AvgIpc) is 2.92. The van der Waals surface area contributed by atoms with Crippen LogP contribution in [0.2, 0.25) is 0 Å². The fourth-order valence-corrected chi connectivity index (χ4v) is 5.49. The van der Waals surface area contributed by atoms with E-state index in [1.807, 2.05) is 48.5 Å². The van der Waals surface area contributed by atoms with Crippen LogP contribution in [0.25, 0.3) is 38.6 Å². The van der Waals surface area contributed by atoms with Gasteiger partial charge >= 0.3 is 0 Å². The van der Waals surface area contributed by atoms with Gasteiger partial charge in [-0.15, -0.1) is 0 Å². The zero-order chi connectivity index (χ0) is 24.8. The lowest BCUT2D eigenvalue weighted by atomic mass is 9.88. The standard InChI is InChI=1S/C30H28N3O3/c1-35-25-11-4-8-22-28(25)30-27-21(32(22)17-6-18-34)7-3-9-23(27)33(20-15-13-19(31)14-16-20)24-10-5-12-26(36-2)29(24)30/h3-5,7-16,34H,6,17-18,31H2,1-2H3/q+1. The molecule has 5 aromatic rings. The van der Waals surface area contributed by atoms with Crippen molar-refractivity contribution in [2.75, 3.05) is 38.0 Å². The summed E-state index contributed by atoms with van der Waals surface area (Å²) in [6.07, 6.45) is 0.650. The third-order valence-corrected chi connectivity index (χ3v) is 6.97. The zero-order valence-corrected chi connectivity index (χ0v) is 20.4. The van der Waals surface area contributed by atoms with Crippen LogP contribution in [-0.4, -0.2) is 32.5 Å². The number of anilines is 3. The van der Waals surface area contributed by atoms with Gasteiger partial charge in [0.25, 0.3) is 0 Å². The molecule has 0 saturated carbocycles. The van der Waals surface area contributed by atoms with E-state index in [1.54, 1.807) is 14.2 Å². The van der Waals surface area contributed by atoms with E-state index in [0.717, 1.165) is 67.2 Å². The zero-order valence-electron chi connectivity index (χ0n) is 20.4. The summed E-state index contributed by atoms with van der Waals surface area (Å²) < 4.78 is 14.1. The Morgan fingerprint density at radius 2 is 1.39 bits per heavy atom. The summed E-state index contributed by atoms with van der Waals surface area (Å²) in [6.45, 7) is 0.802. The monoisotopic (exact) mass is 478 g/mol. The van der Waals surface area contributed by atoms with Crippen LogP contribution in [0, 0.1) is 0 Å². The second-order valence-electron chi connectivity index (χ2n) is 8.91. The van der Waals surface area contributed by atoms with E-state index >= 15 is 0 Å². The number of aliphatic hydroxyl groups excluding tert-OH is 1. The molecule has 1 aliphatic heterocycles. The van der Waals surface area contributed by atoms with E-state index < -0.39 is 0 Å². The molecule has 0 atom stereocenters. The first-order valence-electron chi connectivity index (χ1n) is 12.1.